The molecule has 3 aliphatic rings. The predicted octanol–water partition coefficient (Wildman–Crippen LogP) is 6.39. The lowest BCUT2D eigenvalue weighted by molar-refractivity contribution is 0.100. The lowest BCUT2D eigenvalue weighted by Crippen LogP contribution is -2.47. The molecule has 0 radical (unpaired) electrons. The second-order valence-electron chi connectivity index (χ2n) is 11.7. The van der Waals surface area contributed by atoms with Crippen LogP contribution in [0.5, 0.6) is 5.88 Å². The molecule has 8 nitrogen and oxygen atoms in total. The minimum absolute atomic E-state index is 0.439. The summed E-state index contributed by atoms with van der Waals surface area (Å²) in [4.78, 5) is 27.7. The van der Waals surface area contributed by atoms with Gasteiger partial charge in [-0.25, -0.2) is 0 Å². The van der Waals surface area contributed by atoms with Gasteiger partial charge >= 0.3 is 0 Å². The second kappa shape index (κ2) is 11.9. The number of H-pyrrole nitrogens is 1. The quantitative estimate of drug-likeness (QED) is 0.268. The van der Waals surface area contributed by atoms with E-state index in [0.29, 0.717) is 24.6 Å². The van der Waals surface area contributed by atoms with E-state index in [-0.39, 0.29) is 0 Å². The lowest BCUT2D eigenvalue weighted by atomic mass is 9.87. The average molecular weight is 597 g/mol. The van der Waals surface area contributed by atoms with Crippen LogP contribution in [0.2, 0.25) is 5.02 Å². The Labute approximate surface area is 257 Å². The Kier molecular flexibility index (Phi) is 7.72. The number of carbonyl (C=O) groups is 1. The third kappa shape index (κ3) is 5.69. The van der Waals surface area contributed by atoms with Gasteiger partial charge in [0.2, 0.25) is 5.88 Å². The van der Waals surface area contributed by atoms with Crippen LogP contribution in [0, 0.1) is 0 Å². The van der Waals surface area contributed by atoms with Crippen molar-refractivity contribution in [1.29, 1.82) is 0 Å². The molecule has 4 heterocycles. The molecule has 2 aromatic heterocycles. The van der Waals surface area contributed by atoms with Gasteiger partial charge in [-0.05, 0) is 85.7 Å². The Hall–Kier alpha value is -4.01. The first kappa shape index (κ1) is 27.8. The molecule has 1 aliphatic carbocycles. The summed E-state index contributed by atoms with van der Waals surface area (Å²) >= 11 is 6.17. The zero-order valence-corrected chi connectivity index (χ0v) is 25.1. The number of pyridine rings is 1. The number of fused-ring (bicyclic) bond motifs is 2. The number of carbonyl (C=O) groups excluding carboxylic acids is 1. The van der Waals surface area contributed by atoms with E-state index in [1.165, 1.54) is 30.4 Å². The van der Waals surface area contributed by atoms with Gasteiger partial charge in [-0.2, -0.15) is 4.98 Å². The third-order valence-electron chi connectivity index (χ3n) is 9.00. The van der Waals surface area contributed by atoms with E-state index in [1.54, 1.807) is 5.57 Å². The molecule has 0 spiro atoms. The molecule has 0 atom stereocenters. The molecule has 1 fully saturated rings. The first-order valence-corrected chi connectivity index (χ1v) is 15.7. The molecule has 9 heteroatoms. The van der Waals surface area contributed by atoms with Crippen LogP contribution in [0.25, 0.3) is 16.6 Å². The molecule has 1 saturated heterocycles. The van der Waals surface area contributed by atoms with E-state index < -0.39 is 5.91 Å². The highest BCUT2D eigenvalue weighted by Crippen LogP contribution is 2.40. The minimum atomic E-state index is -0.439. The van der Waals surface area contributed by atoms with Crippen LogP contribution in [0.4, 0.5) is 17.1 Å². The first-order chi connectivity index (χ1) is 21.0. The Balaban J connectivity index is 1.12. The molecule has 3 N–H and O–H groups in total. The molecule has 43 heavy (non-hydrogen) atoms. The fourth-order valence-corrected chi connectivity index (χ4v) is 6.87. The average Bonchev–Trinajstić information content (AvgIpc) is 3.39. The summed E-state index contributed by atoms with van der Waals surface area (Å²) in [5.41, 5.74) is 14.3. The number of benzene rings is 2. The Morgan fingerprint density at radius 2 is 1.74 bits per heavy atom. The van der Waals surface area contributed by atoms with Gasteiger partial charge in [-0.15, -0.1) is 0 Å². The van der Waals surface area contributed by atoms with E-state index in [9.17, 15) is 4.79 Å². The first-order valence-electron chi connectivity index (χ1n) is 15.3. The highest BCUT2D eigenvalue weighted by Gasteiger charge is 2.26. The van der Waals surface area contributed by atoms with Crippen LogP contribution in [0.3, 0.4) is 0 Å². The minimum Gasteiger partial charge on any atom is -0.476 e. The molecule has 2 aromatic carbocycles. The van der Waals surface area contributed by atoms with Crippen LogP contribution in [-0.4, -0.2) is 66.7 Å². The van der Waals surface area contributed by atoms with Crippen LogP contribution in [0.1, 0.15) is 48.0 Å². The van der Waals surface area contributed by atoms with Gasteiger partial charge in [0.15, 0.2) is 0 Å². The summed E-state index contributed by atoms with van der Waals surface area (Å²) in [5.74, 6) is 0.128. The fourth-order valence-electron chi connectivity index (χ4n) is 6.74. The summed E-state index contributed by atoms with van der Waals surface area (Å²) in [6.07, 6.45) is 7.50. The van der Waals surface area contributed by atoms with Gasteiger partial charge in [-0.3, -0.25) is 9.69 Å². The van der Waals surface area contributed by atoms with Crippen molar-refractivity contribution in [2.75, 3.05) is 55.7 Å². The molecular weight excluding hydrogens is 560 g/mol. The van der Waals surface area contributed by atoms with Crippen molar-refractivity contribution in [1.82, 2.24) is 14.9 Å². The van der Waals surface area contributed by atoms with Crippen molar-refractivity contribution in [3.8, 4) is 5.88 Å². The SMILES string of the molecule is NC(=O)c1ccc(N2CCN(CC3=C(c4ccc(Cl)cc4)CCCC3)CC2)cc1N1CCCOc2nc3[nH]ccc3cc21. The number of amides is 1. The molecular formula is C34H37ClN6O2. The number of hydrogen-bond donors (Lipinski definition) is 2. The van der Waals surface area contributed by atoms with E-state index in [1.807, 2.05) is 36.5 Å². The van der Waals surface area contributed by atoms with E-state index in [4.69, 9.17) is 27.1 Å². The van der Waals surface area contributed by atoms with Crippen LogP contribution in [0.15, 0.2) is 66.4 Å². The number of allylic oxidation sites excluding steroid dienone is 1. The maximum Gasteiger partial charge on any atom is 0.250 e. The number of hydrogen-bond acceptors (Lipinski definition) is 6. The number of primary amides is 1. The van der Waals surface area contributed by atoms with Crippen molar-refractivity contribution in [3.05, 3.63) is 82.5 Å². The predicted molar refractivity (Wildman–Crippen MR) is 174 cm³/mol. The number of aromatic amines is 1. The van der Waals surface area contributed by atoms with Crippen molar-refractivity contribution >= 4 is 51.2 Å². The Morgan fingerprint density at radius 3 is 2.56 bits per heavy atom. The van der Waals surface area contributed by atoms with Crippen LogP contribution in [-0.2, 0) is 0 Å². The summed E-state index contributed by atoms with van der Waals surface area (Å²) in [6, 6.07) is 18.4. The third-order valence-corrected chi connectivity index (χ3v) is 9.25. The van der Waals surface area contributed by atoms with Crippen LogP contribution >= 0.6 is 11.6 Å². The fraction of sp³-hybridized carbons (Fsp3) is 0.353. The van der Waals surface area contributed by atoms with Gasteiger partial charge in [0.05, 0.1) is 17.9 Å². The van der Waals surface area contributed by atoms with Gasteiger partial charge in [-0.1, -0.05) is 29.3 Å². The van der Waals surface area contributed by atoms with Crippen molar-refractivity contribution in [2.45, 2.75) is 32.1 Å². The Bertz CT molecular complexity index is 1670. The molecule has 4 aromatic rings. The van der Waals surface area contributed by atoms with Crippen molar-refractivity contribution in [3.63, 3.8) is 0 Å². The summed E-state index contributed by atoms with van der Waals surface area (Å²) in [7, 11) is 0. The lowest BCUT2D eigenvalue weighted by Gasteiger charge is -2.38. The standard InChI is InChI=1S/C34H37ClN6O2/c35-26-8-6-23(7-9-26)28-5-2-1-4-25(28)22-39-15-17-40(18-16-39)27-10-11-29(32(36)42)30(21-27)41-14-3-19-43-34-31(41)20-24-12-13-37-33(24)38-34/h6-13,20-21H,1-5,14-19,22H2,(H2,36,42)(H,37,38). The summed E-state index contributed by atoms with van der Waals surface area (Å²) < 4.78 is 6.03. The highest BCUT2D eigenvalue weighted by molar-refractivity contribution is 6.30. The zero-order valence-electron chi connectivity index (χ0n) is 24.3. The van der Waals surface area contributed by atoms with E-state index in [2.05, 4.69) is 43.9 Å². The Morgan fingerprint density at radius 1 is 0.930 bits per heavy atom. The molecule has 7 rings (SSSR count). The van der Waals surface area contributed by atoms with Crippen molar-refractivity contribution in [2.24, 2.45) is 5.73 Å². The molecule has 0 saturated carbocycles. The van der Waals surface area contributed by atoms with Gasteiger partial charge in [0.25, 0.3) is 5.91 Å². The number of anilines is 3. The molecule has 0 bridgehead atoms. The number of halogens is 1. The summed E-state index contributed by atoms with van der Waals surface area (Å²) in [6.45, 7) is 6.09. The number of nitrogens with zero attached hydrogens (tertiary/aromatic N) is 4. The summed E-state index contributed by atoms with van der Waals surface area (Å²) in [5, 5.41) is 1.78. The van der Waals surface area contributed by atoms with Crippen LogP contribution < -0.4 is 20.3 Å². The van der Waals surface area contributed by atoms with Gasteiger partial charge in [0.1, 0.15) is 11.3 Å². The molecule has 1 amide bonds. The van der Waals surface area contributed by atoms with E-state index >= 15 is 0 Å². The number of rotatable bonds is 6. The number of nitrogens with two attached hydrogens (primary N) is 1. The number of piperazine rings is 1. The topological polar surface area (TPSA) is 90.7 Å². The van der Waals surface area contributed by atoms with Gasteiger partial charge < -0.3 is 25.3 Å². The zero-order chi connectivity index (χ0) is 29.3. The molecule has 2 aliphatic heterocycles. The monoisotopic (exact) mass is 596 g/mol. The second-order valence-corrected chi connectivity index (χ2v) is 12.1. The maximum absolute atomic E-state index is 12.6. The van der Waals surface area contributed by atoms with Gasteiger partial charge in [0, 0.05) is 61.6 Å². The highest BCUT2D eigenvalue weighted by atomic mass is 35.5. The number of ether oxygens (including phenoxy) is 1. The molecule has 0 unspecified atom stereocenters. The number of nitrogens with one attached hydrogen (secondary N) is 1. The molecule has 222 valence electrons. The van der Waals surface area contributed by atoms with Crippen molar-refractivity contribution < 1.29 is 9.53 Å². The smallest absolute Gasteiger partial charge is 0.250 e. The number of aromatic nitrogens is 2. The maximum atomic E-state index is 12.6. The normalized spacial score (nSPS) is 18.0. The largest absolute Gasteiger partial charge is 0.476 e. The van der Waals surface area contributed by atoms with E-state index in [0.717, 1.165) is 78.7 Å².